The molecule has 0 bridgehead atoms. The lowest BCUT2D eigenvalue weighted by Gasteiger charge is -2.32. The Labute approximate surface area is 129 Å². The van der Waals surface area contributed by atoms with E-state index < -0.39 is 0 Å². The lowest BCUT2D eigenvalue weighted by Crippen LogP contribution is -2.38. The standard InChI is InChI=1S/C18H31NO2/c1-7-11-19-16(15-10-9-13(8-2)20-15)14-12-17(3,4)21-18(14,5)6/h9-10,14,16,19H,7-8,11-12H2,1-6H3. The number of furan rings is 1. The molecule has 0 radical (unpaired) electrons. The SMILES string of the molecule is CCCNC(c1ccc(CC)o1)C1CC(C)(C)OC1(C)C. The third-order valence-electron chi connectivity index (χ3n) is 4.50. The molecule has 1 saturated heterocycles. The smallest absolute Gasteiger partial charge is 0.121 e. The fourth-order valence-corrected chi connectivity index (χ4v) is 3.62. The molecule has 1 fully saturated rings. The first-order valence-electron chi connectivity index (χ1n) is 8.31. The van der Waals surface area contributed by atoms with Crippen LogP contribution in [-0.2, 0) is 11.2 Å². The minimum Gasteiger partial charge on any atom is -0.464 e. The molecular formula is C18H31NO2. The number of rotatable bonds is 6. The predicted molar refractivity (Wildman–Crippen MR) is 86.5 cm³/mol. The highest BCUT2D eigenvalue weighted by Gasteiger charge is 2.49. The van der Waals surface area contributed by atoms with Gasteiger partial charge < -0.3 is 14.5 Å². The highest BCUT2D eigenvalue weighted by Crippen LogP contribution is 2.47. The maximum atomic E-state index is 6.28. The van der Waals surface area contributed by atoms with Crippen LogP contribution in [0.4, 0.5) is 0 Å². The van der Waals surface area contributed by atoms with E-state index >= 15 is 0 Å². The van der Waals surface area contributed by atoms with E-state index in [4.69, 9.17) is 9.15 Å². The normalized spacial score (nSPS) is 25.1. The van der Waals surface area contributed by atoms with E-state index in [-0.39, 0.29) is 17.2 Å². The minimum atomic E-state index is -0.145. The molecule has 0 aromatic carbocycles. The molecule has 2 heterocycles. The first-order chi connectivity index (χ1) is 9.79. The molecule has 2 rings (SSSR count). The summed E-state index contributed by atoms with van der Waals surface area (Å²) in [6.45, 7) is 14.1. The lowest BCUT2D eigenvalue weighted by molar-refractivity contribution is -0.0785. The Hall–Kier alpha value is -0.800. The van der Waals surface area contributed by atoms with Crippen LogP contribution in [0.25, 0.3) is 0 Å². The Kier molecular flexibility index (Phi) is 4.84. The summed E-state index contributed by atoms with van der Waals surface area (Å²) < 4.78 is 12.3. The summed E-state index contributed by atoms with van der Waals surface area (Å²) >= 11 is 0. The van der Waals surface area contributed by atoms with Crippen LogP contribution in [0.3, 0.4) is 0 Å². The fourth-order valence-electron chi connectivity index (χ4n) is 3.62. The van der Waals surface area contributed by atoms with E-state index in [0.717, 1.165) is 37.3 Å². The van der Waals surface area contributed by atoms with Crippen LogP contribution in [0.1, 0.15) is 71.9 Å². The van der Waals surface area contributed by atoms with Crippen molar-refractivity contribution in [1.29, 1.82) is 0 Å². The molecule has 1 aromatic heterocycles. The van der Waals surface area contributed by atoms with E-state index in [1.165, 1.54) is 0 Å². The fraction of sp³-hybridized carbons (Fsp3) is 0.778. The van der Waals surface area contributed by atoms with Gasteiger partial charge in [0.15, 0.2) is 0 Å². The van der Waals surface area contributed by atoms with Gasteiger partial charge in [-0.15, -0.1) is 0 Å². The van der Waals surface area contributed by atoms with Gasteiger partial charge in [0.1, 0.15) is 11.5 Å². The van der Waals surface area contributed by atoms with Crippen molar-refractivity contribution in [2.24, 2.45) is 5.92 Å². The molecule has 1 N–H and O–H groups in total. The van der Waals surface area contributed by atoms with Crippen LogP contribution >= 0.6 is 0 Å². The number of aryl methyl sites for hydroxylation is 1. The molecule has 1 aromatic rings. The van der Waals surface area contributed by atoms with E-state index in [2.05, 4.69) is 59.0 Å². The monoisotopic (exact) mass is 293 g/mol. The Morgan fingerprint density at radius 2 is 1.95 bits per heavy atom. The second kappa shape index (κ2) is 6.13. The van der Waals surface area contributed by atoms with Crippen molar-refractivity contribution in [2.45, 2.75) is 78.0 Å². The predicted octanol–water partition coefficient (Wildman–Crippen LogP) is 4.48. The van der Waals surface area contributed by atoms with Gasteiger partial charge in [-0.1, -0.05) is 13.8 Å². The third kappa shape index (κ3) is 3.70. The van der Waals surface area contributed by atoms with Crippen LogP contribution in [-0.4, -0.2) is 17.7 Å². The number of hydrogen-bond donors (Lipinski definition) is 1. The van der Waals surface area contributed by atoms with E-state index in [1.54, 1.807) is 0 Å². The van der Waals surface area contributed by atoms with Gasteiger partial charge in [-0.2, -0.15) is 0 Å². The Balaban J connectivity index is 2.27. The number of ether oxygens (including phenoxy) is 1. The van der Waals surface area contributed by atoms with Gasteiger partial charge in [0.05, 0.1) is 17.2 Å². The number of nitrogens with one attached hydrogen (secondary N) is 1. The molecule has 1 aliphatic rings. The summed E-state index contributed by atoms with van der Waals surface area (Å²) in [7, 11) is 0. The number of hydrogen-bond acceptors (Lipinski definition) is 3. The Bertz CT molecular complexity index is 462. The molecule has 0 amide bonds. The molecule has 3 nitrogen and oxygen atoms in total. The van der Waals surface area contributed by atoms with E-state index in [9.17, 15) is 0 Å². The summed E-state index contributed by atoms with van der Waals surface area (Å²) in [5.41, 5.74) is -0.214. The zero-order valence-electron chi connectivity index (χ0n) is 14.5. The molecule has 2 unspecified atom stereocenters. The van der Waals surface area contributed by atoms with Gasteiger partial charge in [0.25, 0.3) is 0 Å². The summed E-state index contributed by atoms with van der Waals surface area (Å²) in [6.07, 6.45) is 3.11. The zero-order chi connectivity index (χ0) is 15.7. The zero-order valence-corrected chi connectivity index (χ0v) is 14.5. The van der Waals surface area contributed by atoms with Crippen LogP contribution in [0.2, 0.25) is 0 Å². The maximum Gasteiger partial charge on any atom is 0.121 e. The molecule has 0 spiro atoms. The van der Waals surface area contributed by atoms with Gasteiger partial charge in [-0.05, 0) is 59.2 Å². The van der Waals surface area contributed by atoms with Crippen molar-refractivity contribution in [2.75, 3.05) is 6.54 Å². The molecule has 2 atom stereocenters. The van der Waals surface area contributed by atoms with Gasteiger partial charge in [-0.25, -0.2) is 0 Å². The topological polar surface area (TPSA) is 34.4 Å². The minimum absolute atomic E-state index is 0.0690. The highest BCUT2D eigenvalue weighted by molar-refractivity contribution is 5.15. The van der Waals surface area contributed by atoms with Gasteiger partial charge >= 0.3 is 0 Å². The summed E-state index contributed by atoms with van der Waals surface area (Å²) in [5.74, 6) is 2.53. The van der Waals surface area contributed by atoms with E-state index in [1.807, 2.05) is 0 Å². The van der Waals surface area contributed by atoms with Crippen molar-refractivity contribution in [1.82, 2.24) is 5.32 Å². The molecule has 0 saturated carbocycles. The van der Waals surface area contributed by atoms with Crippen LogP contribution in [0, 0.1) is 5.92 Å². The van der Waals surface area contributed by atoms with Crippen molar-refractivity contribution < 1.29 is 9.15 Å². The van der Waals surface area contributed by atoms with Crippen molar-refractivity contribution in [3.63, 3.8) is 0 Å². The molecule has 1 aliphatic heterocycles. The van der Waals surface area contributed by atoms with E-state index in [0.29, 0.717) is 5.92 Å². The molecule has 120 valence electrons. The molecule has 0 aliphatic carbocycles. The Morgan fingerprint density at radius 1 is 1.24 bits per heavy atom. The summed E-state index contributed by atoms with van der Waals surface area (Å²) in [6, 6.07) is 4.46. The summed E-state index contributed by atoms with van der Waals surface area (Å²) in [4.78, 5) is 0. The second-order valence-corrected chi connectivity index (χ2v) is 7.37. The molecule has 21 heavy (non-hydrogen) atoms. The molecule has 3 heteroatoms. The average molecular weight is 293 g/mol. The van der Waals surface area contributed by atoms with Crippen molar-refractivity contribution in [3.05, 3.63) is 23.7 Å². The first-order valence-corrected chi connectivity index (χ1v) is 8.31. The van der Waals surface area contributed by atoms with Crippen molar-refractivity contribution in [3.8, 4) is 0 Å². The third-order valence-corrected chi connectivity index (χ3v) is 4.50. The van der Waals surface area contributed by atoms with Crippen LogP contribution in [0.5, 0.6) is 0 Å². The average Bonchev–Trinajstić information content (AvgIpc) is 2.92. The molecular weight excluding hydrogens is 262 g/mol. The van der Waals surface area contributed by atoms with Gasteiger partial charge in [0, 0.05) is 12.3 Å². The quantitative estimate of drug-likeness (QED) is 0.840. The largest absolute Gasteiger partial charge is 0.464 e. The first kappa shape index (κ1) is 16.6. The Morgan fingerprint density at radius 3 is 2.43 bits per heavy atom. The van der Waals surface area contributed by atoms with Crippen LogP contribution < -0.4 is 5.32 Å². The van der Waals surface area contributed by atoms with Crippen molar-refractivity contribution >= 4 is 0 Å². The van der Waals surface area contributed by atoms with Gasteiger partial charge in [-0.3, -0.25) is 0 Å². The maximum absolute atomic E-state index is 6.28. The van der Waals surface area contributed by atoms with Crippen LogP contribution in [0.15, 0.2) is 16.5 Å². The summed E-state index contributed by atoms with van der Waals surface area (Å²) in [5, 5.41) is 3.68. The lowest BCUT2D eigenvalue weighted by atomic mass is 9.80. The highest BCUT2D eigenvalue weighted by atomic mass is 16.5. The van der Waals surface area contributed by atoms with Gasteiger partial charge in [0.2, 0.25) is 0 Å². The second-order valence-electron chi connectivity index (χ2n) is 7.37.